The molecule has 3 nitrogen and oxygen atoms in total. The minimum Gasteiger partial charge on any atom is -0.370 e. The average molecular weight is 170 g/mol. The number of carbonyl (C=O) groups excluding carboxylic acids is 1. The maximum absolute atomic E-state index is 10.8. The molecule has 0 aliphatic heterocycles. The summed E-state index contributed by atoms with van der Waals surface area (Å²) in [7, 11) is 1.88. The molecule has 70 valence electrons. The molecule has 0 rings (SSSR count). The molecule has 0 unspecified atom stereocenters. The van der Waals surface area contributed by atoms with E-state index in [2.05, 4.69) is 6.92 Å². The SMILES string of the molecule is C/C=C(/C(N)=O)N(C)CCCC. The molecule has 0 bridgehead atoms. The first kappa shape index (κ1) is 11.0. The van der Waals surface area contributed by atoms with Gasteiger partial charge in [-0.05, 0) is 13.3 Å². The molecule has 0 radical (unpaired) electrons. The number of likely N-dealkylation sites (N-methyl/N-ethyl adjacent to an activating group) is 1. The lowest BCUT2D eigenvalue weighted by molar-refractivity contribution is -0.115. The molecule has 0 saturated heterocycles. The molecule has 12 heavy (non-hydrogen) atoms. The summed E-state index contributed by atoms with van der Waals surface area (Å²) in [6, 6.07) is 0. The Morgan fingerprint density at radius 1 is 1.58 bits per heavy atom. The summed E-state index contributed by atoms with van der Waals surface area (Å²) >= 11 is 0. The van der Waals surface area contributed by atoms with E-state index in [9.17, 15) is 4.79 Å². The summed E-state index contributed by atoms with van der Waals surface area (Å²) in [4.78, 5) is 12.7. The molecule has 0 atom stereocenters. The molecule has 3 heteroatoms. The van der Waals surface area contributed by atoms with Gasteiger partial charge in [-0.25, -0.2) is 0 Å². The summed E-state index contributed by atoms with van der Waals surface area (Å²) in [5, 5.41) is 0. The predicted octanol–water partition coefficient (Wildman–Crippen LogP) is 1.11. The molecule has 0 fully saturated rings. The lowest BCUT2D eigenvalue weighted by Gasteiger charge is -2.19. The largest absolute Gasteiger partial charge is 0.370 e. The van der Waals surface area contributed by atoms with Crippen molar-refractivity contribution in [1.29, 1.82) is 0 Å². The second-order valence-corrected chi connectivity index (χ2v) is 2.81. The van der Waals surface area contributed by atoms with Crippen LogP contribution in [0.4, 0.5) is 0 Å². The third-order valence-electron chi connectivity index (χ3n) is 1.78. The molecular weight excluding hydrogens is 152 g/mol. The van der Waals surface area contributed by atoms with Gasteiger partial charge in [-0.1, -0.05) is 19.4 Å². The van der Waals surface area contributed by atoms with Crippen molar-refractivity contribution in [1.82, 2.24) is 4.90 Å². The molecule has 0 heterocycles. The second kappa shape index (κ2) is 5.63. The van der Waals surface area contributed by atoms with E-state index in [4.69, 9.17) is 5.73 Å². The summed E-state index contributed by atoms with van der Waals surface area (Å²) in [5.41, 5.74) is 5.77. The maximum Gasteiger partial charge on any atom is 0.264 e. The quantitative estimate of drug-likeness (QED) is 0.628. The minimum atomic E-state index is -0.351. The molecule has 0 aliphatic rings. The van der Waals surface area contributed by atoms with E-state index in [1.807, 2.05) is 18.9 Å². The first-order valence-electron chi connectivity index (χ1n) is 4.30. The molecule has 1 amide bonds. The van der Waals surface area contributed by atoms with Crippen molar-refractivity contribution in [3.05, 3.63) is 11.8 Å². The van der Waals surface area contributed by atoms with E-state index in [1.165, 1.54) is 0 Å². The average Bonchev–Trinajstić information content (AvgIpc) is 2.01. The van der Waals surface area contributed by atoms with Crippen molar-refractivity contribution in [2.75, 3.05) is 13.6 Å². The highest BCUT2D eigenvalue weighted by atomic mass is 16.1. The van der Waals surface area contributed by atoms with E-state index < -0.39 is 0 Å². The van der Waals surface area contributed by atoms with Crippen LogP contribution >= 0.6 is 0 Å². The Labute approximate surface area is 74.2 Å². The van der Waals surface area contributed by atoms with Crippen LogP contribution in [0.5, 0.6) is 0 Å². The highest BCUT2D eigenvalue weighted by molar-refractivity contribution is 5.91. The Morgan fingerprint density at radius 2 is 2.17 bits per heavy atom. The summed E-state index contributed by atoms with van der Waals surface area (Å²) in [5.74, 6) is -0.351. The van der Waals surface area contributed by atoms with Crippen LogP contribution in [0.3, 0.4) is 0 Å². The molecule has 0 aromatic rings. The summed E-state index contributed by atoms with van der Waals surface area (Å²) in [6.45, 7) is 4.83. The first-order valence-corrected chi connectivity index (χ1v) is 4.30. The van der Waals surface area contributed by atoms with Gasteiger partial charge in [0.1, 0.15) is 0 Å². The fourth-order valence-electron chi connectivity index (χ4n) is 1.07. The summed E-state index contributed by atoms with van der Waals surface area (Å²) < 4.78 is 0. The van der Waals surface area contributed by atoms with Gasteiger partial charge < -0.3 is 10.6 Å². The van der Waals surface area contributed by atoms with Gasteiger partial charge in [-0.15, -0.1) is 0 Å². The molecule has 0 aliphatic carbocycles. The van der Waals surface area contributed by atoms with Crippen LogP contribution in [0, 0.1) is 0 Å². The van der Waals surface area contributed by atoms with Crippen molar-refractivity contribution in [2.45, 2.75) is 26.7 Å². The van der Waals surface area contributed by atoms with Crippen molar-refractivity contribution in [3.63, 3.8) is 0 Å². The Kier molecular flexibility index (Phi) is 5.17. The number of unbranched alkanes of at least 4 members (excludes halogenated alkanes) is 1. The Hall–Kier alpha value is -0.990. The van der Waals surface area contributed by atoms with Crippen molar-refractivity contribution in [2.24, 2.45) is 5.73 Å². The zero-order valence-corrected chi connectivity index (χ0v) is 8.13. The van der Waals surface area contributed by atoms with E-state index in [1.54, 1.807) is 6.08 Å². The predicted molar refractivity (Wildman–Crippen MR) is 50.5 cm³/mol. The standard InChI is InChI=1S/C9H18N2O/c1-4-6-7-11(3)8(5-2)9(10)12/h5H,4,6-7H2,1-3H3,(H2,10,12)/b8-5-. The zero-order valence-electron chi connectivity index (χ0n) is 8.13. The third kappa shape index (κ3) is 3.42. The van der Waals surface area contributed by atoms with Crippen LogP contribution in [0.25, 0.3) is 0 Å². The second-order valence-electron chi connectivity index (χ2n) is 2.81. The number of carbonyl (C=O) groups is 1. The van der Waals surface area contributed by atoms with Crippen molar-refractivity contribution in [3.8, 4) is 0 Å². The summed E-state index contributed by atoms with van der Waals surface area (Å²) in [6.07, 6.45) is 3.96. The van der Waals surface area contributed by atoms with Gasteiger partial charge in [0.2, 0.25) is 0 Å². The Balaban J connectivity index is 4.05. The smallest absolute Gasteiger partial charge is 0.264 e. The topological polar surface area (TPSA) is 46.3 Å². The van der Waals surface area contributed by atoms with Gasteiger partial charge in [-0.2, -0.15) is 0 Å². The van der Waals surface area contributed by atoms with Gasteiger partial charge in [0, 0.05) is 13.6 Å². The van der Waals surface area contributed by atoms with Gasteiger partial charge in [-0.3, -0.25) is 4.79 Å². The van der Waals surface area contributed by atoms with Crippen LogP contribution in [0.15, 0.2) is 11.8 Å². The van der Waals surface area contributed by atoms with E-state index >= 15 is 0 Å². The van der Waals surface area contributed by atoms with E-state index in [-0.39, 0.29) is 5.91 Å². The van der Waals surface area contributed by atoms with E-state index in [0.717, 1.165) is 19.4 Å². The van der Waals surface area contributed by atoms with Crippen molar-refractivity contribution < 1.29 is 4.79 Å². The van der Waals surface area contributed by atoms with Gasteiger partial charge in [0.15, 0.2) is 0 Å². The molecule has 0 aromatic carbocycles. The number of primary amides is 1. The Bertz CT molecular complexity index is 175. The first-order chi connectivity index (χ1) is 5.63. The molecule has 0 saturated carbocycles. The number of nitrogens with two attached hydrogens (primary N) is 1. The van der Waals surface area contributed by atoms with Crippen LogP contribution in [0.2, 0.25) is 0 Å². The fourth-order valence-corrected chi connectivity index (χ4v) is 1.07. The van der Waals surface area contributed by atoms with Gasteiger partial charge in [0.25, 0.3) is 5.91 Å². The number of hydrogen-bond donors (Lipinski definition) is 1. The monoisotopic (exact) mass is 170 g/mol. The Morgan fingerprint density at radius 3 is 2.50 bits per heavy atom. The number of nitrogens with zero attached hydrogens (tertiary/aromatic N) is 1. The van der Waals surface area contributed by atoms with Crippen LogP contribution in [0.1, 0.15) is 26.7 Å². The third-order valence-corrected chi connectivity index (χ3v) is 1.78. The molecular formula is C9H18N2O. The highest BCUT2D eigenvalue weighted by Crippen LogP contribution is 2.02. The number of rotatable bonds is 5. The lowest BCUT2D eigenvalue weighted by Crippen LogP contribution is -2.28. The van der Waals surface area contributed by atoms with E-state index in [0.29, 0.717) is 5.70 Å². The number of amides is 1. The number of hydrogen-bond acceptors (Lipinski definition) is 2. The lowest BCUT2D eigenvalue weighted by atomic mass is 10.3. The zero-order chi connectivity index (χ0) is 9.56. The van der Waals surface area contributed by atoms with Crippen molar-refractivity contribution >= 4 is 5.91 Å². The van der Waals surface area contributed by atoms with Crippen LogP contribution < -0.4 is 5.73 Å². The fraction of sp³-hybridized carbons (Fsp3) is 0.667. The minimum absolute atomic E-state index is 0.351. The van der Waals surface area contributed by atoms with Gasteiger partial charge in [0.05, 0.1) is 5.70 Å². The normalized spacial score (nSPS) is 11.4. The molecule has 0 spiro atoms. The molecule has 0 aromatic heterocycles. The maximum atomic E-state index is 10.8. The highest BCUT2D eigenvalue weighted by Gasteiger charge is 2.07. The molecule has 2 N–H and O–H groups in total. The van der Waals surface area contributed by atoms with Gasteiger partial charge >= 0.3 is 0 Å². The van der Waals surface area contributed by atoms with Crippen LogP contribution in [-0.2, 0) is 4.79 Å². The van der Waals surface area contributed by atoms with Crippen LogP contribution in [-0.4, -0.2) is 24.4 Å². The number of allylic oxidation sites excluding steroid dienone is 1.